The van der Waals surface area contributed by atoms with Gasteiger partial charge in [0.15, 0.2) is 5.17 Å². The third-order valence-corrected chi connectivity index (χ3v) is 4.01. The summed E-state index contributed by atoms with van der Waals surface area (Å²) in [5, 5.41) is 4.57. The van der Waals surface area contributed by atoms with E-state index in [0.717, 1.165) is 23.8 Å². The van der Waals surface area contributed by atoms with E-state index >= 15 is 0 Å². The largest absolute Gasteiger partial charge is 0.335 e. The van der Waals surface area contributed by atoms with Crippen LogP contribution in [0, 0.1) is 0 Å². The summed E-state index contributed by atoms with van der Waals surface area (Å²) in [5.41, 5.74) is 2.67. The maximum absolute atomic E-state index is 4.78. The summed E-state index contributed by atoms with van der Waals surface area (Å²) in [6, 6.07) is 8.54. The molecule has 1 N–H and O–H groups in total. The van der Waals surface area contributed by atoms with E-state index in [0.29, 0.717) is 0 Å². The molecule has 2 nitrogen and oxygen atoms in total. The monoisotopic (exact) mass is 262 g/mol. The molecule has 0 fully saturated rings. The predicted octanol–water partition coefficient (Wildman–Crippen LogP) is 4.32. The Morgan fingerprint density at radius 3 is 2.83 bits per heavy atom. The van der Waals surface area contributed by atoms with Crippen LogP contribution in [0.2, 0.25) is 0 Å². The maximum Gasteiger partial charge on any atom is 0.161 e. The number of nitrogens with zero attached hydrogens (tertiary/aromatic N) is 1. The van der Waals surface area contributed by atoms with Gasteiger partial charge in [-0.1, -0.05) is 43.3 Å². The fourth-order valence-corrected chi connectivity index (χ4v) is 3.36. The van der Waals surface area contributed by atoms with Crippen LogP contribution < -0.4 is 5.32 Å². The number of hydrogen-bond acceptors (Lipinski definition) is 3. The van der Waals surface area contributed by atoms with E-state index < -0.39 is 0 Å². The number of hydrogen-bond donors (Lipinski definition) is 1. The van der Waals surface area contributed by atoms with Crippen LogP contribution in [-0.2, 0) is 6.42 Å². The van der Waals surface area contributed by atoms with Crippen LogP contribution in [0.25, 0.3) is 0 Å². The molecule has 1 aliphatic rings. The number of aliphatic imine (C=N–C) groups is 1. The third-order valence-electron chi connectivity index (χ3n) is 3.14. The molecular weight excluding hydrogens is 240 g/mol. The highest BCUT2D eigenvalue weighted by molar-refractivity contribution is 8.14. The van der Waals surface area contributed by atoms with Crippen LogP contribution in [0.4, 0.5) is 5.69 Å². The maximum atomic E-state index is 4.78. The Balaban J connectivity index is 2.16. The highest BCUT2D eigenvalue weighted by Crippen LogP contribution is 2.27. The fourth-order valence-electron chi connectivity index (χ4n) is 2.07. The van der Waals surface area contributed by atoms with Gasteiger partial charge in [0.2, 0.25) is 0 Å². The van der Waals surface area contributed by atoms with Crippen molar-refractivity contribution in [1.82, 2.24) is 0 Å². The van der Waals surface area contributed by atoms with Crippen molar-refractivity contribution in [1.29, 1.82) is 0 Å². The Kier molecular flexibility index (Phi) is 4.33. The average Bonchev–Trinajstić information content (AvgIpc) is 2.31. The van der Waals surface area contributed by atoms with Crippen LogP contribution in [0.5, 0.6) is 0 Å². The second kappa shape index (κ2) is 5.79. The lowest BCUT2D eigenvalue weighted by Gasteiger charge is -2.26. The number of rotatable bonds is 3. The molecular formula is C15H22N2S. The number of amidine groups is 1. The molecule has 18 heavy (non-hydrogen) atoms. The molecule has 0 bridgehead atoms. The van der Waals surface area contributed by atoms with Crippen molar-refractivity contribution in [3.05, 3.63) is 29.8 Å². The second-order valence-corrected chi connectivity index (χ2v) is 6.44. The van der Waals surface area contributed by atoms with Gasteiger partial charge < -0.3 is 5.32 Å². The first-order valence-corrected chi connectivity index (χ1v) is 7.67. The molecule has 0 aliphatic carbocycles. The van der Waals surface area contributed by atoms with Crippen molar-refractivity contribution in [2.75, 3.05) is 11.1 Å². The van der Waals surface area contributed by atoms with Crippen molar-refractivity contribution in [2.45, 2.75) is 45.6 Å². The summed E-state index contributed by atoms with van der Waals surface area (Å²) >= 11 is 1.83. The van der Waals surface area contributed by atoms with Crippen LogP contribution >= 0.6 is 11.8 Å². The topological polar surface area (TPSA) is 24.4 Å². The Labute approximate surface area is 114 Å². The molecule has 1 aromatic rings. The minimum absolute atomic E-state index is 0.0767. The van der Waals surface area contributed by atoms with Crippen molar-refractivity contribution in [3.63, 3.8) is 0 Å². The average molecular weight is 262 g/mol. The van der Waals surface area contributed by atoms with Crippen LogP contribution in [0.15, 0.2) is 29.3 Å². The Morgan fingerprint density at radius 2 is 2.11 bits per heavy atom. The van der Waals surface area contributed by atoms with E-state index in [1.165, 1.54) is 17.7 Å². The zero-order chi connectivity index (χ0) is 13.0. The lowest BCUT2D eigenvalue weighted by atomic mass is 10.0. The zero-order valence-electron chi connectivity index (χ0n) is 11.5. The summed E-state index contributed by atoms with van der Waals surface area (Å²) in [6.07, 6.45) is 3.44. The van der Waals surface area contributed by atoms with Gasteiger partial charge in [-0.25, -0.2) is 0 Å². The summed E-state index contributed by atoms with van der Waals surface area (Å²) < 4.78 is 0. The second-order valence-electron chi connectivity index (χ2n) is 5.36. The molecule has 0 unspecified atom stereocenters. The molecule has 0 saturated heterocycles. The molecule has 1 aliphatic heterocycles. The number of para-hydroxylation sites is 1. The first-order valence-electron chi connectivity index (χ1n) is 6.68. The highest BCUT2D eigenvalue weighted by atomic mass is 32.2. The van der Waals surface area contributed by atoms with E-state index in [4.69, 9.17) is 4.99 Å². The third kappa shape index (κ3) is 3.52. The molecule has 2 rings (SSSR count). The lowest BCUT2D eigenvalue weighted by Crippen LogP contribution is -2.27. The number of nitrogens with one attached hydrogen (secondary N) is 1. The minimum atomic E-state index is 0.0767. The lowest BCUT2D eigenvalue weighted by molar-refractivity contribution is 0.507. The van der Waals surface area contributed by atoms with Gasteiger partial charge in [0.05, 0.1) is 5.54 Å². The summed E-state index contributed by atoms with van der Waals surface area (Å²) in [4.78, 5) is 4.78. The number of aryl methyl sites for hydroxylation is 1. The van der Waals surface area contributed by atoms with Crippen molar-refractivity contribution >= 4 is 22.6 Å². The van der Waals surface area contributed by atoms with Gasteiger partial charge in [-0.3, -0.25) is 4.99 Å². The first kappa shape index (κ1) is 13.5. The Bertz CT molecular complexity index is 438. The number of benzene rings is 1. The smallest absolute Gasteiger partial charge is 0.161 e. The standard InChI is InChI=1S/C15H22N2S/c1-4-7-12-8-5-6-9-13(12)16-14-17-15(2,3)10-11-18-14/h5-6,8-9H,4,7,10-11H2,1-3H3,(H,16,17). The predicted molar refractivity (Wildman–Crippen MR) is 82.6 cm³/mol. The number of anilines is 1. The van der Waals surface area contributed by atoms with Crippen LogP contribution in [0.3, 0.4) is 0 Å². The van der Waals surface area contributed by atoms with E-state index in [-0.39, 0.29) is 5.54 Å². The van der Waals surface area contributed by atoms with Crippen LogP contribution in [-0.4, -0.2) is 16.5 Å². The summed E-state index contributed by atoms with van der Waals surface area (Å²) in [5.74, 6) is 1.15. The van der Waals surface area contributed by atoms with E-state index in [1.54, 1.807) is 0 Å². The molecule has 0 spiro atoms. The Morgan fingerprint density at radius 1 is 1.33 bits per heavy atom. The molecule has 3 heteroatoms. The molecule has 0 saturated carbocycles. The SMILES string of the molecule is CCCc1ccccc1NC1=NC(C)(C)CCS1. The van der Waals surface area contributed by atoms with Gasteiger partial charge in [0.1, 0.15) is 0 Å². The highest BCUT2D eigenvalue weighted by Gasteiger charge is 2.22. The molecule has 0 aromatic heterocycles. The summed E-state index contributed by atoms with van der Waals surface area (Å²) in [7, 11) is 0. The Hall–Kier alpha value is -0.960. The zero-order valence-corrected chi connectivity index (χ0v) is 12.3. The molecule has 0 atom stereocenters. The quantitative estimate of drug-likeness (QED) is 0.877. The van der Waals surface area contributed by atoms with E-state index in [2.05, 4.69) is 50.4 Å². The summed E-state index contributed by atoms with van der Waals surface area (Å²) in [6.45, 7) is 6.62. The van der Waals surface area contributed by atoms with Gasteiger partial charge >= 0.3 is 0 Å². The number of thioether (sulfide) groups is 1. The van der Waals surface area contributed by atoms with Crippen molar-refractivity contribution < 1.29 is 0 Å². The minimum Gasteiger partial charge on any atom is -0.335 e. The first-order chi connectivity index (χ1) is 8.61. The fraction of sp³-hybridized carbons (Fsp3) is 0.533. The van der Waals surface area contributed by atoms with Crippen molar-refractivity contribution in [2.24, 2.45) is 4.99 Å². The normalized spacial score (nSPS) is 18.3. The molecule has 0 radical (unpaired) electrons. The van der Waals surface area contributed by atoms with Gasteiger partial charge in [0, 0.05) is 11.4 Å². The molecule has 1 aromatic carbocycles. The molecule has 1 heterocycles. The van der Waals surface area contributed by atoms with Gasteiger partial charge in [-0.15, -0.1) is 0 Å². The van der Waals surface area contributed by atoms with E-state index in [9.17, 15) is 0 Å². The van der Waals surface area contributed by atoms with E-state index in [1.807, 2.05) is 11.8 Å². The molecule has 0 amide bonds. The van der Waals surface area contributed by atoms with Crippen molar-refractivity contribution in [3.8, 4) is 0 Å². The van der Waals surface area contributed by atoms with Gasteiger partial charge in [0.25, 0.3) is 0 Å². The molecule has 98 valence electrons. The van der Waals surface area contributed by atoms with Crippen LogP contribution in [0.1, 0.15) is 39.2 Å². The van der Waals surface area contributed by atoms with Gasteiger partial charge in [-0.05, 0) is 38.3 Å². The van der Waals surface area contributed by atoms with Gasteiger partial charge in [-0.2, -0.15) is 0 Å².